The molecule has 4 nitrogen and oxygen atoms in total. The summed E-state index contributed by atoms with van der Waals surface area (Å²) in [6, 6.07) is 7.19. The van der Waals surface area contributed by atoms with Crippen molar-refractivity contribution in [3.63, 3.8) is 0 Å². The minimum atomic E-state index is -0.192. The molecule has 1 unspecified atom stereocenters. The molecule has 1 heterocycles. The van der Waals surface area contributed by atoms with Crippen molar-refractivity contribution in [2.45, 2.75) is 25.9 Å². The molecule has 2 rings (SSSR count). The SMILES string of the molecule is CC(C)NC(CO)CN1CCN(c2ccc(F)cc2)CC1. The minimum absolute atomic E-state index is 0.127. The van der Waals surface area contributed by atoms with Gasteiger partial charge in [-0.3, -0.25) is 4.90 Å². The average Bonchev–Trinajstić information content (AvgIpc) is 2.48. The van der Waals surface area contributed by atoms with Crippen molar-refractivity contribution in [3.05, 3.63) is 30.1 Å². The average molecular weight is 295 g/mol. The number of aliphatic hydroxyl groups excluding tert-OH is 1. The van der Waals surface area contributed by atoms with Crippen molar-refractivity contribution < 1.29 is 9.50 Å². The van der Waals surface area contributed by atoms with Crippen LogP contribution in [0.15, 0.2) is 24.3 Å². The van der Waals surface area contributed by atoms with Crippen molar-refractivity contribution in [3.8, 4) is 0 Å². The summed E-state index contributed by atoms with van der Waals surface area (Å²) in [7, 11) is 0. The smallest absolute Gasteiger partial charge is 0.123 e. The third kappa shape index (κ3) is 4.95. The Morgan fingerprint density at radius 1 is 1.14 bits per heavy atom. The van der Waals surface area contributed by atoms with Crippen LogP contribution in [0.4, 0.5) is 10.1 Å². The zero-order chi connectivity index (χ0) is 15.2. The van der Waals surface area contributed by atoms with E-state index in [1.54, 1.807) is 0 Å². The first-order valence-electron chi connectivity index (χ1n) is 7.68. The molecule has 0 bridgehead atoms. The van der Waals surface area contributed by atoms with Crippen LogP contribution >= 0.6 is 0 Å². The molecule has 1 aromatic carbocycles. The fourth-order valence-corrected chi connectivity index (χ4v) is 2.79. The van der Waals surface area contributed by atoms with Crippen molar-refractivity contribution in [2.75, 3.05) is 44.2 Å². The standard InChI is InChI=1S/C16H26FN3O/c1-13(2)18-15(12-21)11-19-7-9-20(10-8-19)16-5-3-14(17)4-6-16/h3-6,13,15,18,21H,7-12H2,1-2H3. The summed E-state index contributed by atoms with van der Waals surface area (Å²) in [5.41, 5.74) is 1.08. The first-order valence-corrected chi connectivity index (χ1v) is 7.68. The van der Waals surface area contributed by atoms with Crippen LogP contribution in [0.1, 0.15) is 13.8 Å². The molecule has 1 saturated heterocycles. The molecule has 5 heteroatoms. The molecule has 1 aliphatic heterocycles. The summed E-state index contributed by atoms with van der Waals surface area (Å²) < 4.78 is 12.9. The van der Waals surface area contributed by atoms with Crippen molar-refractivity contribution in [1.29, 1.82) is 0 Å². The molecule has 0 spiro atoms. The first-order chi connectivity index (χ1) is 10.1. The number of anilines is 1. The number of aliphatic hydroxyl groups is 1. The van der Waals surface area contributed by atoms with Crippen LogP contribution in [0.25, 0.3) is 0 Å². The van der Waals surface area contributed by atoms with Gasteiger partial charge < -0.3 is 15.3 Å². The Kier molecular flexibility index (Phi) is 5.96. The number of nitrogens with one attached hydrogen (secondary N) is 1. The fourth-order valence-electron chi connectivity index (χ4n) is 2.79. The lowest BCUT2D eigenvalue weighted by molar-refractivity contribution is 0.170. The molecule has 0 amide bonds. The van der Waals surface area contributed by atoms with Gasteiger partial charge in [0.1, 0.15) is 5.82 Å². The van der Waals surface area contributed by atoms with E-state index in [4.69, 9.17) is 0 Å². The van der Waals surface area contributed by atoms with Crippen molar-refractivity contribution >= 4 is 5.69 Å². The van der Waals surface area contributed by atoms with Crippen LogP contribution in [-0.4, -0.2) is 61.4 Å². The number of nitrogens with zero attached hydrogens (tertiary/aromatic N) is 2. The van der Waals surface area contributed by atoms with Gasteiger partial charge in [0, 0.05) is 50.5 Å². The number of hydrogen-bond donors (Lipinski definition) is 2. The lowest BCUT2D eigenvalue weighted by Gasteiger charge is -2.37. The van der Waals surface area contributed by atoms with Crippen molar-refractivity contribution in [1.82, 2.24) is 10.2 Å². The Balaban J connectivity index is 1.81. The molecule has 0 aliphatic carbocycles. The van der Waals surface area contributed by atoms with Gasteiger partial charge in [0.05, 0.1) is 6.61 Å². The highest BCUT2D eigenvalue weighted by Crippen LogP contribution is 2.16. The second-order valence-corrected chi connectivity index (χ2v) is 5.96. The van der Waals surface area contributed by atoms with Gasteiger partial charge in [-0.2, -0.15) is 0 Å². The minimum Gasteiger partial charge on any atom is -0.395 e. The maximum Gasteiger partial charge on any atom is 0.123 e. The van der Waals surface area contributed by atoms with Gasteiger partial charge in [0.2, 0.25) is 0 Å². The summed E-state index contributed by atoms with van der Waals surface area (Å²) in [6.07, 6.45) is 0. The van der Waals surface area contributed by atoms with Gasteiger partial charge in [-0.25, -0.2) is 4.39 Å². The van der Waals surface area contributed by atoms with Crippen LogP contribution in [0, 0.1) is 5.82 Å². The third-order valence-corrected chi connectivity index (χ3v) is 3.83. The number of benzene rings is 1. The largest absolute Gasteiger partial charge is 0.395 e. The topological polar surface area (TPSA) is 38.7 Å². The molecule has 1 aliphatic rings. The maximum atomic E-state index is 12.9. The molecular weight excluding hydrogens is 269 g/mol. The third-order valence-electron chi connectivity index (χ3n) is 3.83. The number of hydrogen-bond acceptors (Lipinski definition) is 4. The summed E-state index contributed by atoms with van der Waals surface area (Å²) in [4.78, 5) is 4.65. The molecule has 1 fully saturated rings. The number of halogens is 1. The van der Waals surface area contributed by atoms with E-state index in [0.717, 1.165) is 38.4 Å². The van der Waals surface area contributed by atoms with Gasteiger partial charge in [-0.15, -0.1) is 0 Å². The van der Waals surface area contributed by atoms with E-state index in [1.165, 1.54) is 12.1 Å². The Labute approximate surface area is 126 Å². The second-order valence-electron chi connectivity index (χ2n) is 5.96. The monoisotopic (exact) mass is 295 g/mol. The Morgan fingerprint density at radius 2 is 1.76 bits per heavy atom. The maximum absolute atomic E-state index is 12.9. The quantitative estimate of drug-likeness (QED) is 0.830. The highest BCUT2D eigenvalue weighted by Gasteiger charge is 2.20. The molecule has 0 radical (unpaired) electrons. The predicted octanol–water partition coefficient (Wildman–Crippen LogP) is 1.31. The molecule has 1 aromatic rings. The van der Waals surface area contributed by atoms with Gasteiger partial charge in [-0.05, 0) is 24.3 Å². The van der Waals surface area contributed by atoms with Gasteiger partial charge in [-0.1, -0.05) is 13.8 Å². The molecule has 21 heavy (non-hydrogen) atoms. The normalized spacial score (nSPS) is 18.2. The van der Waals surface area contributed by atoms with Crippen LogP contribution in [0.5, 0.6) is 0 Å². The zero-order valence-electron chi connectivity index (χ0n) is 12.9. The highest BCUT2D eigenvalue weighted by molar-refractivity contribution is 5.46. The van der Waals surface area contributed by atoms with E-state index in [1.807, 2.05) is 12.1 Å². The molecule has 2 N–H and O–H groups in total. The van der Waals surface area contributed by atoms with Crippen LogP contribution in [0.2, 0.25) is 0 Å². The molecule has 0 saturated carbocycles. The van der Waals surface area contributed by atoms with Gasteiger partial charge >= 0.3 is 0 Å². The number of rotatable bonds is 6. The van der Waals surface area contributed by atoms with E-state index < -0.39 is 0 Å². The molecule has 118 valence electrons. The van der Waals surface area contributed by atoms with Gasteiger partial charge in [0.25, 0.3) is 0 Å². The van der Waals surface area contributed by atoms with Crippen molar-refractivity contribution in [2.24, 2.45) is 0 Å². The van der Waals surface area contributed by atoms with Crippen LogP contribution in [0.3, 0.4) is 0 Å². The summed E-state index contributed by atoms with van der Waals surface area (Å²) >= 11 is 0. The second kappa shape index (κ2) is 7.73. The van der Waals surface area contributed by atoms with E-state index in [0.29, 0.717) is 6.04 Å². The Bertz CT molecular complexity index is 416. The number of piperazine rings is 1. The van der Waals surface area contributed by atoms with E-state index in [9.17, 15) is 9.50 Å². The molecular formula is C16H26FN3O. The van der Waals surface area contributed by atoms with Crippen LogP contribution in [-0.2, 0) is 0 Å². The lowest BCUT2D eigenvalue weighted by Crippen LogP contribution is -2.52. The molecule has 0 aromatic heterocycles. The van der Waals surface area contributed by atoms with E-state index >= 15 is 0 Å². The summed E-state index contributed by atoms with van der Waals surface area (Å²) in [5, 5.41) is 12.8. The summed E-state index contributed by atoms with van der Waals surface area (Å²) in [5.74, 6) is -0.192. The zero-order valence-corrected chi connectivity index (χ0v) is 12.9. The predicted molar refractivity (Wildman–Crippen MR) is 84.2 cm³/mol. The van der Waals surface area contributed by atoms with E-state index in [2.05, 4.69) is 29.0 Å². The Morgan fingerprint density at radius 3 is 2.29 bits per heavy atom. The lowest BCUT2D eigenvalue weighted by atomic mass is 10.2. The highest BCUT2D eigenvalue weighted by atomic mass is 19.1. The van der Waals surface area contributed by atoms with E-state index in [-0.39, 0.29) is 18.5 Å². The van der Waals surface area contributed by atoms with Crippen LogP contribution < -0.4 is 10.2 Å². The van der Waals surface area contributed by atoms with Gasteiger partial charge in [0.15, 0.2) is 0 Å². The summed E-state index contributed by atoms with van der Waals surface area (Å²) in [6.45, 7) is 9.02. The Hall–Kier alpha value is -1.17. The first kappa shape index (κ1) is 16.2. The fraction of sp³-hybridized carbons (Fsp3) is 0.625. The molecule has 1 atom stereocenters.